The van der Waals surface area contributed by atoms with Gasteiger partial charge < -0.3 is 14.6 Å². The van der Waals surface area contributed by atoms with Crippen molar-refractivity contribution in [1.29, 1.82) is 0 Å². The van der Waals surface area contributed by atoms with Crippen LogP contribution in [0.15, 0.2) is 35.8 Å². The van der Waals surface area contributed by atoms with Crippen molar-refractivity contribution in [3.05, 3.63) is 61.8 Å². The maximum absolute atomic E-state index is 12.6. The van der Waals surface area contributed by atoms with Gasteiger partial charge in [-0.1, -0.05) is 17.4 Å². The van der Waals surface area contributed by atoms with Crippen molar-refractivity contribution >= 4 is 71.2 Å². The summed E-state index contributed by atoms with van der Waals surface area (Å²) in [5.74, 6) is -4.50. The van der Waals surface area contributed by atoms with Crippen LogP contribution in [-0.2, 0) is 43.5 Å². The minimum atomic E-state index is -4.21. The molecular formula is C23H22N4O8S3. The lowest BCUT2D eigenvalue weighted by Gasteiger charge is -2.07. The summed E-state index contributed by atoms with van der Waals surface area (Å²) >= 11 is 2.20. The minimum absolute atomic E-state index is 0.137. The van der Waals surface area contributed by atoms with Crippen LogP contribution in [0.1, 0.15) is 27.2 Å². The van der Waals surface area contributed by atoms with E-state index >= 15 is 0 Å². The molecule has 0 saturated carbocycles. The van der Waals surface area contributed by atoms with E-state index in [4.69, 9.17) is 4.74 Å². The summed E-state index contributed by atoms with van der Waals surface area (Å²) in [4.78, 5) is 52.9. The molecule has 0 atom stereocenters. The van der Waals surface area contributed by atoms with Gasteiger partial charge in [-0.25, -0.2) is 13.2 Å². The Morgan fingerprint density at radius 1 is 1.26 bits per heavy atom. The molecule has 38 heavy (non-hydrogen) atoms. The van der Waals surface area contributed by atoms with E-state index < -0.39 is 44.0 Å². The molecule has 1 aliphatic carbocycles. The molecule has 0 fully saturated rings. The van der Waals surface area contributed by atoms with Crippen LogP contribution in [0.2, 0.25) is 0 Å². The molecule has 0 saturated heterocycles. The molecule has 0 spiro atoms. The highest BCUT2D eigenvalue weighted by molar-refractivity contribution is 7.92. The molecule has 12 nitrogen and oxygen atoms in total. The van der Waals surface area contributed by atoms with Crippen LogP contribution in [-0.4, -0.2) is 54.3 Å². The standard InChI is InChI=1S/C23H22N4O8S3/c1-3-9-26-15-8-7-13(27(31)32)10-17(15)37-23(26)25-19(29)12-38(33,34)11-18(28)24-21-20(22(30)35-2)14-5-4-6-16(14)36-21/h3,7-8,10H,1,4-6,9,11-12H2,2H3,(H,24,28). The predicted molar refractivity (Wildman–Crippen MR) is 142 cm³/mol. The number of esters is 1. The second kappa shape index (κ2) is 11.0. The van der Waals surface area contributed by atoms with Crippen LogP contribution < -0.4 is 10.1 Å². The number of nitrogens with one attached hydrogen (secondary N) is 1. The molecule has 3 aromatic rings. The summed E-state index contributed by atoms with van der Waals surface area (Å²) in [5, 5.41) is 13.8. The van der Waals surface area contributed by atoms with Gasteiger partial charge in [0.2, 0.25) is 5.91 Å². The number of aromatic nitrogens is 1. The molecule has 1 aromatic carbocycles. The predicted octanol–water partition coefficient (Wildman–Crippen LogP) is 2.61. The molecular weight excluding hydrogens is 556 g/mol. The Bertz CT molecular complexity index is 1660. The lowest BCUT2D eigenvalue weighted by molar-refractivity contribution is -0.384. The second-order valence-corrected chi connectivity index (χ2v) is 12.5. The van der Waals surface area contributed by atoms with E-state index in [9.17, 15) is 32.9 Å². The summed E-state index contributed by atoms with van der Waals surface area (Å²) in [6.07, 6.45) is 3.84. The quantitative estimate of drug-likeness (QED) is 0.175. The van der Waals surface area contributed by atoms with Crippen LogP contribution in [0.5, 0.6) is 0 Å². The van der Waals surface area contributed by atoms with Crippen molar-refractivity contribution in [2.45, 2.75) is 25.8 Å². The zero-order valence-corrected chi connectivity index (χ0v) is 22.5. The van der Waals surface area contributed by atoms with E-state index in [0.717, 1.165) is 34.6 Å². The Morgan fingerprint density at radius 3 is 2.71 bits per heavy atom. The Morgan fingerprint density at radius 2 is 2.03 bits per heavy atom. The van der Waals surface area contributed by atoms with Crippen LogP contribution in [0.25, 0.3) is 10.2 Å². The number of hydrogen-bond acceptors (Lipinski definition) is 10. The number of carbonyl (C=O) groups is 3. The number of rotatable bonds is 9. The first-order chi connectivity index (χ1) is 18.0. The number of non-ortho nitro benzene ring substituents is 1. The second-order valence-electron chi connectivity index (χ2n) is 8.33. The molecule has 1 N–H and O–H groups in total. The smallest absolute Gasteiger partial charge is 0.341 e. The number of nitro groups is 1. The van der Waals surface area contributed by atoms with Gasteiger partial charge in [-0.15, -0.1) is 17.9 Å². The third-order valence-electron chi connectivity index (χ3n) is 5.67. The first-order valence-corrected chi connectivity index (χ1v) is 14.7. The van der Waals surface area contributed by atoms with Crippen molar-refractivity contribution in [3.63, 3.8) is 0 Å². The fourth-order valence-corrected chi connectivity index (χ4v) is 7.52. The molecule has 0 radical (unpaired) electrons. The average Bonchev–Trinajstić information content (AvgIpc) is 3.50. The zero-order valence-electron chi connectivity index (χ0n) is 20.1. The minimum Gasteiger partial charge on any atom is -0.465 e. The number of thiophene rings is 1. The number of amides is 2. The van der Waals surface area contributed by atoms with Gasteiger partial charge in [0, 0.05) is 23.6 Å². The number of nitro benzene ring substituents is 1. The maximum atomic E-state index is 12.6. The Hall–Kier alpha value is -3.69. The van der Waals surface area contributed by atoms with E-state index in [2.05, 4.69) is 16.9 Å². The number of ether oxygens (including phenoxy) is 1. The fourth-order valence-electron chi connectivity index (χ4n) is 4.12. The maximum Gasteiger partial charge on any atom is 0.341 e. The molecule has 0 aliphatic heterocycles. The van der Waals surface area contributed by atoms with Crippen molar-refractivity contribution in [2.24, 2.45) is 4.99 Å². The number of anilines is 1. The molecule has 0 bridgehead atoms. The summed E-state index contributed by atoms with van der Waals surface area (Å²) in [5.41, 5.74) is 1.47. The van der Waals surface area contributed by atoms with Gasteiger partial charge in [0.1, 0.15) is 16.5 Å². The zero-order chi connectivity index (χ0) is 27.6. The topological polar surface area (TPSA) is 167 Å². The molecule has 2 aromatic heterocycles. The van der Waals surface area contributed by atoms with E-state index in [-0.39, 0.29) is 27.6 Å². The van der Waals surface area contributed by atoms with E-state index in [0.29, 0.717) is 16.6 Å². The average molecular weight is 579 g/mol. The first-order valence-electron chi connectivity index (χ1n) is 11.2. The van der Waals surface area contributed by atoms with Crippen LogP contribution >= 0.6 is 22.7 Å². The lowest BCUT2D eigenvalue weighted by atomic mass is 10.1. The Kier molecular flexibility index (Phi) is 7.89. The van der Waals surface area contributed by atoms with Crippen molar-refractivity contribution in [1.82, 2.24) is 4.57 Å². The van der Waals surface area contributed by atoms with E-state index in [1.807, 2.05) is 0 Å². The highest BCUT2D eigenvalue weighted by atomic mass is 32.2. The molecule has 2 heterocycles. The van der Waals surface area contributed by atoms with Gasteiger partial charge >= 0.3 is 5.97 Å². The Balaban J connectivity index is 1.52. The summed E-state index contributed by atoms with van der Waals surface area (Å²) in [7, 11) is -2.98. The van der Waals surface area contributed by atoms with Gasteiger partial charge in [0.05, 0.1) is 27.8 Å². The van der Waals surface area contributed by atoms with E-state index in [1.165, 1.54) is 36.6 Å². The van der Waals surface area contributed by atoms with Gasteiger partial charge in [0.25, 0.3) is 11.6 Å². The van der Waals surface area contributed by atoms with Gasteiger partial charge in [-0.2, -0.15) is 4.99 Å². The van der Waals surface area contributed by atoms with Gasteiger partial charge in [0.15, 0.2) is 14.6 Å². The third kappa shape index (κ3) is 5.74. The summed E-state index contributed by atoms with van der Waals surface area (Å²) < 4.78 is 32.1. The number of fused-ring (bicyclic) bond motifs is 2. The van der Waals surface area contributed by atoms with Crippen LogP contribution in [0.4, 0.5) is 10.7 Å². The number of aryl methyl sites for hydroxylation is 1. The monoisotopic (exact) mass is 578 g/mol. The van der Waals surface area contributed by atoms with Crippen molar-refractivity contribution in [3.8, 4) is 0 Å². The normalized spacial score (nSPS) is 13.3. The molecule has 4 rings (SSSR count). The SMILES string of the molecule is C=CCn1c(=NC(=O)CS(=O)(=O)CC(=O)Nc2sc3c(c2C(=O)OC)CCC3)sc2cc([N+](=O)[O-])ccc21. The number of nitrogens with zero attached hydrogens (tertiary/aromatic N) is 3. The third-order valence-corrected chi connectivity index (χ3v) is 9.30. The van der Waals surface area contributed by atoms with Crippen molar-refractivity contribution < 1.29 is 32.5 Å². The molecule has 15 heteroatoms. The number of hydrogen-bond donors (Lipinski definition) is 1. The molecule has 200 valence electrons. The summed E-state index contributed by atoms with van der Waals surface area (Å²) in [6.45, 7) is 3.88. The number of methoxy groups -OCH3 is 1. The van der Waals surface area contributed by atoms with E-state index in [1.54, 1.807) is 10.6 Å². The number of carbonyl (C=O) groups excluding carboxylic acids is 3. The van der Waals surface area contributed by atoms with Crippen LogP contribution in [0.3, 0.4) is 0 Å². The number of sulfone groups is 1. The molecule has 2 amide bonds. The molecule has 1 aliphatic rings. The largest absolute Gasteiger partial charge is 0.465 e. The highest BCUT2D eigenvalue weighted by Crippen LogP contribution is 2.39. The van der Waals surface area contributed by atoms with Crippen molar-refractivity contribution in [2.75, 3.05) is 23.9 Å². The Labute approximate surface area is 224 Å². The number of benzene rings is 1. The lowest BCUT2D eigenvalue weighted by Crippen LogP contribution is -2.28. The van der Waals surface area contributed by atoms with Gasteiger partial charge in [-0.05, 0) is 30.9 Å². The fraction of sp³-hybridized carbons (Fsp3) is 0.304. The number of thiazole rings is 1. The highest BCUT2D eigenvalue weighted by Gasteiger charge is 2.29. The van der Waals surface area contributed by atoms with Crippen LogP contribution in [0, 0.1) is 10.1 Å². The first kappa shape index (κ1) is 27.3. The number of allylic oxidation sites excluding steroid dienone is 1. The van der Waals surface area contributed by atoms with Gasteiger partial charge in [-0.3, -0.25) is 19.7 Å². The summed E-state index contributed by atoms with van der Waals surface area (Å²) in [6, 6.07) is 4.17. The molecule has 0 unspecified atom stereocenters.